The lowest BCUT2D eigenvalue weighted by Crippen LogP contribution is -2.36. The SMILES string of the molecule is O=C(c1ccc(Cl)cc1NCc1c(F)cccc1Cl)N1CCCCC1. The van der Waals surface area contributed by atoms with Gasteiger partial charge in [-0.1, -0.05) is 29.3 Å². The van der Waals surface area contributed by atoms with Gasteiger partial charge in [-0.05, 0) is 49.6 Å². The van der Waals surface area contributed by atoms with E-state index in [1.165, 1.54) is 6.07 Å². The zero-order valence-corrected chi connectivity index (χ0v) is 15.2. The molecule has 0 aliphatic carbocycles. The number of nitrogens with one attached hydrogen (secondary N) is 1. The largest absolute Gasteiger partial charge is 0.380 e. The minimum atomic E-state index is -0.383. The fourth-order valence-electron chi connectivity index (χ4n) is 3.00. The molecule has 2 aromatic carbocycles. The van der Waals surface area contributed by atoms with Crippen molar-refractivity contribution in [2.45, 2.75) is 25.8 Å². The molecule has 0 atom stereocenters. The van der Waals surface area contributed by atoms with Crippen molar-refractivity contribution in [1.82, 2.24) is 4.90 Å². The maximum absolute atomic E-state index is 14.0. The van der Waals surface area contributed by atoms with E-state index in [2.05, 4.69) is 5.32 Å². The normalized spacial score (nSPS) is 14.4. The number of benzene rings is 2. The highest BCUT2D eigenvalue weighted by Crippen LogP contribution is 2.26. The molecule has 0 saturated carbocycles. The second-order valence-corrected chi connectivity index (χ2v) is 6.94. The van der Waals surface area contributed by atoms with Crippen molar-refractivity contribution in [3.05, 3.63) is 63.4 Å². The van der Waals surface area contributed by atoms with E-state index >= 15 is 0 Å². The number of rotatable bonds is 4. The lowest BCUT2D eigenvalue weighted by molar-refractivity contribution is 0.0725. The maximum Gasteiger partial charge on any atom is 0.255 e. The van der Waals surface area contributed by atoms with Crippen molar-refractivity contribution in [2.75, 3.05) is 18.4 Å². The summed E-state index contributed by atoms with van der Waals surface area (Å²) in [6.45, 7) is 1.70. The molecule has 1 N–H and O–H groups in total. The summed E-state index contributed by atoms with van der Waals surface area (Å²) in [6.07, 6.45) is 3.20. The fraction of sp³-hybridized carbons (Fsp3) is 0.316. The summed E-state index contributed by atoms with van der Waals surface area (Å²) in [4.78, 5) is 14.7. The summed E-state index contributed by atoms with van der Waals surface area (Å²) in [5.74, 6) is -0.413. The van der Waals surface area contributed by atoms with Crippen LogP contribution in [0.1, 0.15) is 35.2 Å². The molecule has 0 aromatic heterocycles. The van der Waals surface area contributed by atoms with Crippen molar-refractivity contribution >= 4 is 34.8 Å². The molecule has 0 unspecified atom stereocenters. The topological polar surface area (TPSA) is 32.3 Å². The molecule has 1 saturated heterocycles. The van der Waals surface area contributed by atoms with Crippen LogP contribution in [0, 0.1) is 5.82 Å². The van der Waals surface area contributed by atoms with Crippen LogP contribution in [0.4, 0.5) is 10.1 Å². The number of hydrogen-bond acceptors (Lipinski definition) is 2. The zero-order chi connectivity index (χ0) is 17.8. The average molecular weight is 381 g/mol. The third-order valence-corrected chi connectivity index (χ3v) is 4.96. The van der Waals surface area contributed by atoms with E-state index < -0.39 is 0 Å². The minimum absolute atomic E-state index is 0.0292. The second kappa shape index (κ2) is 8.07. The van der Waals surface area contributed by atoms with Gasteiger partial charge in [-0.2, -0.15) is 0 Å². The van der Waals surface area contributed by atoms with Gasteiger partial charge in [0.15, 0.2) is 0 Å². The monoisotopic (exact) mass is 380 g/mol. The molecule has 25 heavy (non-hydrogen) atoms. The summed E-state index contributed by atoms with van der Waals surface area (Å²) in [5.41, 5.74) is 1.49. The van der Waals surface area contributed by atoms with Gasteiger partial charge in [-0.15, -0.1) is 0 Å². The number of hydrogen-bond donors (Lipinski definition) is 1. The van der Waals surface area contributed by atoms with Gasteiger partial charge in [0, 0.05) is 40.9 Å². The summed E-state index contributed by atoms with van der Waals surface area (Å²) in [5, 5.41) is 3.97. The third kappa shape index (κ3) is 4.25. The number of carbonyl (C=O) groups is 1. The number of amides is 1. The van der Waals surface area contributed by atoms with Crippen LogP contribution < -0.4 is 5.32 Å². The first-order valence-corrected chi connectivity index (χ1v) is 9.07. The summed E-state index contributed by atoms with van der Waals surface area (Å²) >= 11 is 12.2. The molecule has 1 fully saturated rings. The maximum atomic E-state index is 14.0. The Hall–Kier alpha value is -1.78. The van der Waals surface area contributed by atoms with Gasteiger partial charge in [0.25, 0.3) is 5.91 Å². The fourth-order valence-corrected chi connectivity index (χ4v) is 3.40. The molecule has 132 valence electrons. The van der Waals surface area contributed by atoms with Crippen molar-refractivity contribution in [1.29, 1.82) is 0 Å². The summed E-state index contributed by atoms with van der Waals surface area (Å²) in [7, 11) is 0. The molecule has 1 heterocycles. The Morgan fingerprint density at radius 2 is 1.88 bits per heavy atom. The molecule has 0 radical (unpaired) electrons. The van der Waals surface area contributed by atoms with E-state index in [0.29, 0.717) is 26.9 Å². The standard InChI is InChI=1S/C19H19Cl2FN2O/c20-13-7-8-14(19(25)24-9-2-1-3-10-24)18(11-13)23-12-15-16(21)5-4-6-17(15)22/h4-8,11,23H,1-3,9-10,12H2. The smallest absolute Gasteiger partial charge is 0.255 e. The van der Waals surface area contributed by atoms with Crippen LogP contribution >= 0.6 is 23.2 Å². The zero-order valence-electron chi connectivity index (χ0n) is 13.7. The third-order valence-electron chi connectivity index (χ3n) is 4.37. The highest BCUT2D eigenvalue weighted by Gasteiger charge is 2.21. The van der Waals surface area contributed by atoms with Gasteiger partial charge in [0.05, 0.1) is 5.56 Å². The van der Waals surface area contributed by atoms with E-state index in [1.54, 1.807) is 30.3 Å². The van der Waals surface area contributed by atoms with E-state index in [1.807, 2.05) is 4.90 Å². The lowest BCUT2D eigenvalue weighted by atomic mass is 10.1. The Bertz CT molecular complexity index is 756. The van der Waals surface area contributed by atoms with Crippen LogP contribution in [-0.2, 0) is 6.54 Å². The molecule has 1 amide bonds. The summed E-state index contributed by atoms with van der Waals surface area (Å²) in [6, 6.07) is 9.66. The van der Waals surface area contributed by atoms with Crippen LogP contribution in [-0.4, -0.2) is 23.9 Å². The molecular weight excluding hydrogens is 362 g/mol. The molecule has 3 nitrogen and oxygen atoms in total. The molecule has 2 aromatic rings. The molecule has 0 spiro atoms. The molecular formula is C19H19Cl2FN2O. The van der Waals surface area contributed by atoms with Crippen molar-refractivity contribution in [2.24, 2.45) is 0 Å². The van der Waals surface area contributed by atoms with Crippen molar-refractivity contribution in [3.63, 3.8) is 0 Å². The van der Waals surface area contributed by atoms with E-state index in [9.17, 15) is 9.18 Å². The van der Waals surface area contributed by atoms with Crippen LogP contribution in [0.15, 0.2) is 36.4 Å². The second-order valence-electron chi connectivity index (χ2n) is 6.10. The number of halogens is 3. The van der Waals surface area contributed by atoms with Crippen LogP contribution in [0.5, 0.6) is 0 Å². The first kappa shape index (κ1) is 18.0. The van der Waals surface area contributed by atoms with Gasteiger partial charge >= 0.3 is 0 Å². The molecule has 3 rings (SSSR count). The van der Waals surface area contributed by atoms with Crippen LogP contribution in [0.2, 0.25) is 10.0 Å². The molecule has 0 bridgehead atoms. The number of anilines is 1. The number of nitrogens with zero attached hydrogens (tertiary/aromatic N) is 1. The Morgan fingerprint density at radius 1 is 1.12 bits per heavy atom. The average Bonchev–Trinajstić information content (AvgIpc) is 2.62. The van der Waals surface area contributed by atoms with Crippen LogP contribution in [0.25, 0.3) is 0 Å². The highest BCUT2D eigenvalue weighted by atomic mass is 35.5. The van der Waals surface area contributed by atoms with Gasteiger partial charge in [-0.25, -0.2) is 4.39 Å². The quantitative estimate of drug-likeness (QED) is 0.772. The van der Waals surface area contributed by atoms with E-state index in [-0.39, 0.29) is 18.3 Å². The molecule has 1 aliphatic heterocycles. The predicted molar refractivity (Wildman–Crippen MR) is 99.9 cm³/mol. The molecule has 6 heteroatoms. The van der Waals surface area contributed by atoms with E-state index in [4.69, 9.17) is 23.2 Å². The Balaban J connectivity index is 1.83. The summed E-state index contributed by atoms with van der Waals surface area (Å²) < 4.78 is 14.0. The molecule has 1 aliphatic rings. The van der Waals surface area contributed by atoms with Crippen molar-refractivity contribution in [3.8, 4) is 0 Å². The Kier molecular flexibility index (Phi) is 5.82. The van der Waals surface area contributed by atoms with Gasteiger partial charge in [0.2, 0.25) is 0 Å². The lowest BCUT2D eigenvalue weighted by Gasteiger charge is -2.27. The number of likely N-dealkylation sites (tertiary alicyclic amines) is 1. The van der Waals surface area contributed by atoms with Gasteiger partial charge < -0.3 is 10.2 Å². The minimum Gasteiger partial charge on any atom is -0.380 e. The van der Waals surface area contributed by atoms with Gasteiger partial charge in [0.1, 0.15) is 5.82 Å². The Labute approximate surface area is 156 Å². The number of piperidine rings is 1. The number of carbonyl (C=O) groups excluding carboxylic acids is 1. The van der Waals surface area contributed by atoms with Crippen LogP contribution in [0.3, 0.4) is 0 Å². The Morgan fingerprint density at radius 3 is 2.60 bits per heavy atom. The first-order chi connectivity index (χ1) is 12.1. The van der Waals surface area contributed by atoms with Crippen molar-refractivity contribution < 1.29 is 9.18 Å². The highest BCUT2D eigenvalue weighted by molar-refractivity contribution is 6.31. The van der Waals surface area contributed by atoms with Gasteiger partial charge in [-0.3, -0.25) is 4.79 Å². The van der Waals surface area contributed by atoms with E-state index in [0.717, 1.165) is 32.4 Å². The first-order valence-electron chi connectivity index (χ1n) is 8.32. The predicted octanol–water partition coefficient (Wildman–Crippen LogP) is 5.37.